The summed E-state index contributed by atoms with van der Waals surface area (Å²) in [5.41, 5.74) is 1.47. The van der Waals surface area contributed by atoms with Crippen LogP contribution in [0.25, 0.3) is 0 Å². The second-order valence-corrected chi connectivity index (χ2v) is 6.55. The van der Waals surface area contributed by atoms with E-state index in [1.165, 1.54) is 0 Å². The van der Waals surface area contributed by atoms with Gasteiger partial charge in [-0.25, -0.2) is 4.98 Å². The Morgan fingerprint density at radius 1 is 1.43 bits per heavy atom. The maximum atomic E-state index is 12.2. The maximum Gasteiger partial charge on any atom is 0.234 e. The molecular formula is C16H24N4O3. The highest BCUT2D eigenvalue weighted by molar-refractivity contribution is 5.80. The molecule has 1 fully saturated rings. The van der Waals surface area contributed by atoms with E-state index in [1.807, 2.05) is 31.1 Å². The molecule has 3 aliphatic rings. The van der Waals surface area contributed by atoms with Crippen LogP contribution < -0.4 is 10.6 Å². The SMILES string of the molecule is COC(OC)c1ccc2c(n1)NC1CC2(NC(=O)CN(C)C)C1. The molecule has 1 amide bonds. The van der Waals surface area contributed by atoms with Crippen LogP contribution in [0.4, 0.5) is 5.82 Å². The zero-order chi connectivity index (χ0) is 16.6. The highest BCUT2D eigenvalue weighted by atomic mass is 16.7. The minimum atomic E-state index is -0.486. The Kier molecular flexibility index (Phi) is 4.27. The van der Waals surface area contributed by atoms with E-state index in [0.717, 1.165) is 29.9 Å². The normalized spacial score (nSPS) is 24.9. The lowest BCUT2D eigenvalue weighted by molar-refractivity contribution is -0.125. The molecule has 0 aromatic carbocycles. The van der Waals surface area contributed by atoms with Gasteiger partial charge in [0.1, 0.15) is 5.82 Å². The Morgan fingerprint density at radius 3 is 2.74 bits per heavy atom. The standard InChI is InChI=1S/C16H24N4O3/c1-20(2)9-13(21)19-16-7-10(8-16)17-14-11(16)5-6-12(18-14)15(22-3)23-4/h5-6,10,15H,7-9H2,1-4H3,(H,17,18)(H,19,21). The van der Waals surface area contributed by atoms with Crippen LogP contribution in [-0.2, 0) is 19.8 Å². The van der Waals surface area contributed by atoms with Crippen molar-refractivity contribution in [3.8, 4) is 0 Å². The number of carbonyl (C=O) groups is 1. The lowest BCUT2D eigenvalue weighted by Crippen LogP contribution is -2.63. The van der Waals surface area contributed by atoms with Crippen LogP contribution in [0.3, 0.4) is 0 Å². The average Bonchev–Trinajstić information content (AvgIpc) is 2.46. The Bertz CT molecular complexity index is 595. The van der Waals surface area contributed by atoms with Gasteiger partial charge in [0.15, 0.2) is 0 Å². The van der Waals surface area contributed by atoms with E-state index in [1.54, 1.807) is 14.2 Å². The summed E-state index contributed by atoms with van der Waals surface area (Å²) >= 11 is 0. The summed E-state index contributed by atoms with van der Waals surface area (Å²) in [6.45, 7) is 0.385. The van der Waals surface area contributed by atoms with E-state index in [-0.39, 0.29) is 11.4 Å². The molecule has 126 valence electrons. The molecule has 7 heteroatoms. The number of nitrogens with zero attached hydrogens (tertiary/aromatic N) is 2. The van der Waals surface area contributed by atoms with Crippen LogP contribution in [0.5, 0.6) is 0 Å². The van der Waals surface area contributed by atoms with Gasteiger partial charge in [-0.2, -0.15) is 0 Å². The van der Waals surface area contributed by atoms with Gasteiger partial charge < -0.3 is 25.0 Å². The average molecular weight is 320 g/mol. The molecule has 1 aromatic rings. The van der Waals surface area contributed by atoms with Gasteiger partial charge in [0.05, 0.1) is 17.8 Å². The van der Waals surface area contributed by atoms with Crippen LogP contribution in [-0.4, -0.2) is 56.7 Å². The fourth-order valence-corrected chi connectivity index (χ4v) is 3.50. The molecule has 2 bridgehead atoms. The summed E-state index contributed by atoms with van der Waals surface area (Å²) < 4.78 is 10.5. The first kappa shape index (κ1) is 16.2. The Balaban J connectivity index is 1.84. The molecule has 1 aliphatic carbocycles. The molecule has 0 atom stereocenters. The van der Waals surface area contributed by atoms with Crippen molar-refractivity contribution in [3.63, 3.8) is 0 Å². The zero-order valence-corrected chi connectivity index (χ0v) is 14.0. The van der Waals surface area contributed by atoms with Crippen molar-refractivity contribution in [2.45, 2.75) is 30.7 Å². The third-order valence-corrected chi connectivity index (χ3v) is 4.47. The monoisotopic (exact) mass is 320 g/mol. The third kappa shape index (κ3) is 2.91. The van der Waals surface area contributed by atoms with Gasteiger partial charge in [0, 0.05) is 25.8 Å². The van der Waals surface area contributed by atoms with Crippen molar-refractivity contribution in [2.24, 2.45) is 0 Å². The van der Waals surface area contributed by atoms with Crippen molar-refractivity contribution in [2.75, 3.05) is 40.2 Å². The van der Waals surface area contributed by atoms with E-state index in [4.69, 9.17) is 9.47 Å². The minimum Gasteiger partial charge on any atom is -0.367 e. The molecule has 23 heavy (non-hydrogen) atoms. The fraction of sp³-hybridized carbons (Fsp3) is 0.625. The van der Waals surface area contributed by atoms with Crippen LogP contribution in [0.2, 0.25) is 0 Å². The van der Waals surface area contributed by atoms with Gasteiger partial charge in [0.25, 0.3) is 0 Å². The summed E-state index contributed by atoms with van der Waals surface area (Å²) in [4.78, 5) is 18.7. The molecule has 1 saturated carbocycles. The lowest BCUT2D eigenvalue weighted by atomic mass is 9.65. The van der Waals surface area contributed by atoms with Gasteiger partial charge in [-0.3, -0.25) is 4.79 Å². The summed E-state index contributed by atoms with van der Waals surface area (Å²) in [5, 5.41) is 6.63. The van der Waals surface area contributed by atoms with E-state index < -0.39 is 6.29 Å². The minimum absolute atomic E-state index is 0.0389. The van der Waals surface area contributed by atoms with Gasteiger partial charge >= 0.3 is 0 Å². The van der Waals surface area contributed by atoms with E-state index >= 15 is 0 Å². The predicted molar refractivity (Wildman–Crippen MR) is 86.0 cm³/mol. The summed E-state index contributed by atoms with van der Waals surface area (Å²) in [5.74, 6) is 0.853. The van der Waals surface area contributed by atoms with E-state index in [9.17, 15) is 4.79 Å². The van der Waals surface area contributed by atoms with Crippen molar-refractivity contribution < 1.29 is 14.3 Å². The second-order valence-electron chi connectivity index (χ2n) is 6.55. The number of methoxy groups -OCH3 is 2. The Morgan fingerprint density at radius 2 is 2.13 bits per heavy atom. The van der Waals surface area contributed by atoms with Crippen molar-refractivity contribution in [3.05, 3.63) is 23.4 Å². The van der Waals surface area contributed by atoms with E-state index in [0.29, 0.717) is 12.6 Å². The largest absolute Gasteiger partial charge is 0.367 e. The summed E-state index contributed by atoms with van der Waals surface area (Å²) in [6.07, 6.45) is 1.32. The molecule has 4 rings (SSSR count). The van der Waals surface area contributed by atoms with Gasteiger partial charge in [-0.1, -0.05) is 6.07 Å². The van der Waals surface area contributed by atoms with Gasteiger partial charge in [0.2, 0.25) is 12.2 Å². The molecule has 2 N–H and O–H groups in total. The van der Waals surface area contributed by atoms with Gasteiger partial charge in [-0.15, -0.1) is 0 Å². The molecule has 0 spiro atoms. The first-order valence-corrected chi connectivity index (χ1v) is 7.77. The topological polar surface area (TPSA) is 75.7 Å². The number of pyridine rings is 1. The smallest absolute Gasteiger partial charge is 0.234 e. The second kappa shape index (κ2) is 6.07. The number of likely N-dealkylation sites (N-methyl/N-ethyl adjacent to an activating group) is 1. The quantitative estimate of drug-likeness (QED) is 0.756. The molecule has 3 heterocycles. The number of anilines is 1. The number of hydrogen-bond donors (Lipinski definition) is 2. The van der Waals surface area contributed by atoms with Crippen molar-refractivity contribution in [1.82, 2.24) is 15.2 Å². The lowest BCUT2D eigenvalue weighted by Gasteiger charge is -2.53. The van der Waals surface area contributed by atoms with Crippen LogP contribution in [0, 0.1) is 0 Å². The number of aromatic nitrogens is 1. The number of ether oxygens (including phenoxy) is 2. The summed E-state index contributed by atoms with van der Waals surface area (Å²) in [7, 11) is 6.95. The zero-order valence-electron chi connectivity index (χ0n) is 14.0. The highest BCUT2D eigenvalue weighted by Crippen LogP contribution is 2.49. The van der Waals surface area contributed by atoms with Crippen molar-refractivity contribution in [1.29, 1.82) is 0 Å². The predicted octanol–water partition coefficient (Wildman–Crippen LogP) is 0.834. The highest BCUT2D eigenvalue weighted by Gasteiger charge is 2.52. The molecule has 0 unspecified atom stereocenters. The van der Waals surface area contributed by atoms with E-state index in [2.05, 4.69) is 15.6 Å². The summed E-state index contributed by atoms with van der Waals surface area (Å²) in [6, 6.07) is 4.27. The Hall–Kier alpha value is -1.70. The fourth-order valence-electron chi connectivity index (χ4n) is 3.50. The number of rotatable bonds is 6. The van der Waals surface area contributed by atoms with Crippen molar-refractivity contribution >= 4 is 11.7 Å². The first-order chi connectivity index (χ1) is 11.0. The Labute approximate surface area is 136 Å². The first-order valence-electron chi connectivity index (χ1n) is 7.77. The van der Waals surface area contributed by atoms with Crippen LogP contribution >= 0.6 is 0 Å². The molecule has 2 aliphatic heterocycles. The molecule has 1 aromatic heterocycles. The van der Waals surface area contributed by atoms with Gasteiger partial charge in [-0.05, 0) is 33.0 Å². The number of hydrogen-bond acceptors (Lipinski definition) is 6. The molecule has 7 nitrogen and oxygen atoms in total. The van der Waals surface area contributed by atoms with Crippen LogP contribution in [0.15, 0.2) is 12.1 Å². The molecular weight excluding hydrogens is 296 g/mol. The third-order valence-electron chi connectivity index (χ3n) is 4.47. The number of carbonyl (C=O) groups excluding carboxylic acids is 1. The number of nitrogens with one attached hydrogen (secondary N) is 2. The maximum absolute atomic E-state index is 12.2. The molecule has 0 radical (unpaired) electrons. The number of amides is 1. The van der Waals surface area contributed by atoms with Crippen LogP contribution in [0.1, 0.15) is 30.4 Å². The molecule has 0 saturated heterocycles.